The van der Waals surface area contributed by atoms with E-state index in [4.69, 9.17) is 0 Å². The molecule has 1 saturated heterocycles. The minimum absolute atomic E-state index is 0.215. The summed E-state index contributed by atoms with van der Waals surface area (Å²) in [6.07, 6.45) is 2.57. The lowest BCUT2D eigenvalue weighted by molar-refractivity contribution is 0.161. The van der Waals surface area contributed by atoms with Gasteiger partial charge in [0.15, 0.2) is 0 Å². The minimum Gasteiger partial charge on any atom is -0.307 e. The van der Waals surface area contributed by atoms with Gasteiger partial charge in [-0.2, -0.15) is 11.3 Å². The summed E-state index contributed by atoms with van der Waals surface area (Å²) < 4.78 is 0. The predicted molar refractivity (Wildman–Crippen MR) is 62.7 cm³/mol. The van der Waals surface area contributed by atoms with Gasteiger partial charge in [0.05, 0.1) is 0 Å². The van der Waals surface area contributed by atoms with Crippen LogP contribution >= 0.6 is 11.3 Å². The Kier molecular flexibility index (Phi) is 2.44. The summed E-state index contributed by atoms with van der Waals surface area (Å²) in [6, 6.07) is 2.27. The molecule has 1 N–H and O–H groups in total. The highest BCUT2D eigenvalue weighted by molar-refractivity contribution is 7.08. The summed E-state index contributed by atoms with van der Waals surface area (Å²) in [6.45, 7) is 8.17. The second-order valence-electron chi connectivity index (χ2n) is 5.20. The number of nitrogens with one attached hydrogen (secondary N) is 1. The van der Waals surface area contributed by atoms with Crippen LogP contribution in [0, 0.1) is 5.41 Å². The van der Waals surface area contributed by atoms with Crippen LogP contribution in [0.5, 0.6) is 0 Å². The van der Waals surface area contributed by atoms with Crippen LogP contribution in [-0.4, -0.2) is 6.54 Å². The van der Waals surface area contributed by atoms with Crippen LogP contribution in [0.15, 0.2) is 16.8 Å². The Balaban J connectivity index is 2.42. The van der Waals surface area contributed by atoms with Gasteiger partial charge in [0.1, 0.15) is 0 Å². The van der Waals surface area contributed by atoms with E-state index in [-0.39, 0.29) is 5.54 Å². The molecule has 1 aromatic rings. The van der Waals surface area contributed by atoms with Crippen molar-refractivity contribution in [2.75, 3.05) is 6.54 Å². The molecule has 14 heavy (non-hydrogen) atoms. The molecule has 0 spiro atoms. The van der Waals surface area contributed by atoms with Crippen LogP contribution < -0.4 is 5.32 Å². The van der Waals surface area contributed by atoms with Gasteiger partial charge < -0.3 is 5.32 Å². The molecule has 2 heteroatoms. The van der Waals surface area contributed by atoms with Crippen LogP contribution in [-0.2, 0) is 5.54 Å². The molecule has 1 aliphatic heterocycles. The van der Waals surface area contributed by atoms with Gasteiger partial charge in [-0.3, -0.25) is 0 Å². The van der Waals surface area contributed by atoms with Gasteiger partial charge in [-0.1, -0.05) is 20.8 Å². The molecule has 0 radical (unpaired) electrons. The third-order valence-electron chi connectivity index (χ3n) is 3.45. The van der Waals surface area contributed by atoms with Gasteiger partial charge in [0.2, 0.25) is 0 Å². The predicted octanol–water partition coefficient (Wildman–Crippen LogP) is 3.37. The first kappa shape index (κ1) is 10.2. The maximum absolute atomic E-state index is 3.72. The van der Waals surface area contributed by atoms with Crippen molar-refractivity contribution in [1.29, 1.82) is 0 Å². The zero-order valence-corrected chi connectivity index (χ0v) is 10.1. The zero-order chi connectivity index (χ0) is 10.2. The Morgan fingerprint density at radius 3 is 2.64 bits per heavy atom. The highest BCUT2D eigenvalue weighted by atomic mass is 32.1. The fraction of sp³-hybridized carbons (Fsp3) is 0.667. The molecule has 1 atom stereocenters. The third-order valence-corrected chi connectivity index (χ3v) is 4.13. The molecule has 0 aromatic carbocycles. The Morgan fingerprint density at radius 2 is 2.21 bits per heavy atom. The Labute approximate surface area is 90.5 Å². The summed E-state index contributed by atoms with van der Waals surface area (Å²) in [5, 5.41) is 8.20. The zero-order valence-electron chi connectivity index (χ0n) is 9.26. The minimum atomic E-state index is 0.215. The molecule has 0 amide bonds. The van der Waals surface area contributed by atoms with E-state index in [1.807, 2.05) is 0 Å². The highest BCUT2D eigenvalue weighted by Crippen LogP contribution is 2.45. The molecule has 0 aliphatic carbocycles. The van der Waals surface area contributed by atoms with E-state index in [0.29, 0.717) is 5.41 Å². The van der Waals surface area contributed by atoms with Crippen LogP contribution in [0.2, 0.25) is 0 Å². The number of hydrogen-bond acceptors (Lipinski definition) is 2. The van der Waals surface area contributed by atoms with Crippen molar-refractivity contribution >= 4 is 11.3 Å². The lowest BCUT2D eigenvalue weighted by Crippen LogP contribution is -2.47. The van der Waals surface area contributed by atoms with Crippen LogP contribution in [0.1, 0.15) is 39.2 Å². The molecular formula is C12H19NS. The van der Waals surface area contributed by atoms with E-state index < -0.39 is 0 Å². The third kappa shape index (κ3) is 1.41. The van der Waals surface area contributed by atoms with Crippen molar-refractivity contribution < 1.29 is 0 Å². The molecule has 2 heterocycles. The Hall–Kier alpha value is -0.340. The molecule has 2 rings (SSSR count). The molecule has 0 saturated carbocycles. The van der Waals surface area contributed by atoms with E-state index in [1.165, 1.54) is 18.4 Å². The standard InChI is InChI=1S/C12H19NS/c1-11(2,3)12(6-4-7-13-12)10-5-8-14-9-10/h5,8-9,13H,4,6-7H2,1-3H3. The summed E-state index contributed by atoms with van der Waals surface area (Å²) >= 11 is 1.80. The monoisotopic (exact) mass is 209 g/mol. The number of hydrogen-bond donors (Lipinski definition) is 1. The smallest absolute Gasteiger partial charge is 0.0492 e. The second-order valence-corrected chi connectivity index (χ2v) is 5.98. The van der Waals surface area contributed by atoms with Crippen LogP contribution in [0.4, 0.5) is 0 Å². The first-order valence-electron chi connectivity index (χ1n) is 5.34. The van der Waals surface area contributed by atoms with Crippen molar-refractivity contribution in [1.82, 2.24) is 5.32 Å². The maximum atomic E-state index is 3.72. The van der Waals surface area contributed by atoms with E-state index in [2.05, 4.69) is 42.9 Å². The molecule has 1 fully saturated rings. The molecule has 1 aromatic heterocycles. The SMILES string of the molecule is CC(C)(C)C1(c2ccsc2)CCCN1. The fourth-order valence-electron chi connectivity index (χ4n) is 2.57. The average molecular weight is 209 g/mol. The summed E-state index contributed by atoms with van der Waals surface area (Å²) in [5.74, 6) is 0. The van der Waals surface area contributed by atoms with E-state index in [0.717, 1.165) is 6.54 Å². The summed E-state index contributed by atoms with van der Waals surface area (Å²) in [5.41, 5.74) is 1.99. The van der Waals surface area contributed by atoms with E-state index >= 15 is 0 Å². The lowest BCUT2D eigenvalue weighted by atomic mass is 9.69. The topological polar surface area (TPSA) is 12.0 Å². The maximum Gasteiger partial charge on any atom is 0.0492 e. The van der Waals surface area contributed by atoms with Gasteiger partial charge >= 0.3 is 0 Å². The largest absolute Gasteiger partial charge is 0.307 e. The first-order chi connectivity index (χ1) is 6.56. The van der Waals surface area contributed by atoms with Gasteiger partial charge in [-0.15, -0.1) is 0 Å². The van der Waals surface area contributed by atoms with Crippen molar-refractivity contribution in [3.63, 3.8) is 0 Å². The number of rotatable bonds is 1. The van der Waals surface area contributed by atoms with Gasteiger partial charge in [-0.25, -0.2) is 0 Å². The van der Waals surface area contributed by atoms with Crippen molar-refractivity contribution in [2.45, 2.75) is 39.2 Å². The fourth-order valence-corrected chi connectivity index (χ4v) is 3.30. The van der Waals surface area contributed by atoms with E-state index in [9.17, 15) is 0 Å². The van der Waals surface area contributed by atoms with Gasteiger partial charge in [0.25, 0.3) is 0 Å². The summed E-state index contributed by atoms with van der Waals surface area (Å²) in [7, 11) is 0. The van der Waals surface area contributed by atoms with Crippen molar-refractivity contribution in [3.8, 4) is 0 Å². The number of thiophene rings is 1. The van der Waals surface area contributed by atoms with Crippen molar-refractivity contribution in [3.05, 3.63) is 22.4 Å². The molecular weight excluding hydrogens is 190 g/mol. The average Bonchev–Trinajstić information content (AvgIpc) is 2.74. The molecule has 78 valence electrons. The van der Waals surface area contributed by atoms with Gasteiger partial charge in [-0.05, 0) is 47.2 Å². The molecule has 0 bridgehead atoms. The molecule has 1 nitrogen and oxygen atoms in total. The quantitative estimate of drug-likeness (QED) is 0.747. The van der Waals surface area contributed by atoms with Crippen molar-refractivity contribution in [2.24, 2.45) is 5.41 Å². The molecule has 1 aliphatic rings. The highest BCUT2D eigenvalue weighted by Gasteiger charge is 2.45. The van der Waals surface area contributed by atoms with Crippen LogP contribution in [0.3, 0.4) is 0 Å². The molecule has 1 unspecified atom stereocenters. The second kappa shape index (κ2) is 3.35. The van der Waals surface area contributed by atoms with Crippen LogP contribution in [0.25, 0.3) is 0 Å². The van der Waals surface area contributed by atoms with E-state index in [1.54, 1.807) is 11.3 Å². The first-order valence-corrected chi connectivity index (χ1v) is 6.28. The lowest BCUT2D eigenvalue weighted by Gasteiger charge is -2.42. The summed E-state index contributed by atoms with van der Waals surface area (Å²) in [4.78, 5) is 0. The Bertz CT molecular complexity index is 289. The Morgan fingerprint density at radius 1 is 1.43 bits per heavy atom. The van der Waals surface area contributed by atoms with Gasteiger partial charge in [0, 0.05) is 5.54 Å². The normalized spacial score (nSPS) is 28.2.